The number of phenols is 3. The number of rotatable bonds is 1. The van der Waals surface area contributed by atoms with Crippen molar-refractivity contribution in [3.63, 3.8) is 0 Å². The maximum absolute atomic E-state index is 10.6. The van der Waals surface area contributed by atoms with Crippen molar-refractivity contribution in [2.75, 3.05) is 0 Å². The van der Waals surface area contributed by atoms with Gasteiger partial charge >= 0.3 is 0 Å². The van der Waals surface area contributed by atoms with E-state index >= 15 is 0 Å². The summed E-state index contributed by atoms with van der Waals surface area (Å²) in [4.78, 5) is 10.6. The van der Waals surface area contributed by atoms with Gasteiger partial charge in [0.05, 0.1) is 5.56 Å². The number of amides is 1. The third-order valence-electron chi connectivity index (χ3n) is 1.34. The van der Waals surface area contributed by atoms with E-state index in [-0.39, 0.29) is 11.3 Å². The molecule has 0 fully saturated rings. The lowest BCUT2D eigenvalue weighted by Crippen LogP contribution is -2.10. The number of primary amides is 1. The van der Waals surface area contributed by atoms with Crippen LogP contribution in [0.25, 0.3) is 0 Å². The maximum atomic E-state index is 10.6. The first-order valence-corrected chi connectivity index (χ1v) is 3.07. The lowest BCUT2D eigenvalue weighted by Gasteiger charge is -2.02. The molecule has 0 aromatic heterocycles. The van der Waals surface area contributed by atoms with Gasteiger partial charge in [-0.05, 0) is 6.07 Å². The highest BCUT2D eigenvalue weighted by atomic mass is 16.3. The maximum Gasteiger partial charge on any atom is 0.252 e. The highest BCUT2D eigenvalue weighted by Gasteiger charge is 2.12. The Hall–Kier alpha value is -1.91. The topological polar surface area (TPSA) is 104 Å². The van der Waals surface area contributed by atoms with Crippen LogP contribution in [0.1, 0.15) is 10.4 Å². The molecule has 0 aliphatic rings. The van der Waals surface area contributed by atoms with Crippen molar-refractivity contribution in [2.45, 2.75) is 0 Å². The second kappa shape index (κ2) is 2.61. The molecule has 1 aromatic carbocycles. The van der Waals surface area contributed by atoms with Crippen molar-refractivity contribution in [3.8, 4) is 17.2 Å². The normalized spacial score (nSPS) is 9.67. The average molecular weight is 169 g/mol. The first-order chi connectivity index (χ1) is 5.52. The van der Waals surface area contributed by atoms with E-state index in [1.807, 2.05) is 0 Å². The van der Waals surface area contributed by atoms with Crippen molar-refractivity contribution in [1.29, 1.82) is 0 Å². The fraction of sp³-hybridized carbons (Fsp3) is 0. The first kappa shape index (κ1) is 8.19. The molecule has 0 atom stereocenters. The molecule has 0 spiro atoms. The van der Waals surface area contributed by atoms with Crippen LogP contribution >= 0.6 is 0 Å². The van der Waals surface area contributed by atoms with E-state index < -0.39 is 17.4 Å². The molecule has 0 unspecified atom stereocenters. The summed E-state index contributed by atoms with van der Waals surface area (Å²) in [5.74, 6) is -2.46. The third-order valence-corrected chi connectivity index (χ3v) is 1.34. The number of hydrogen-bond donors (Lipinski definition) is 4. The van der Waals surface area contributed by atoms with Crippen LogP contribution in [0.5, 0.6) is 17.2 Å². The molecule has 0 aliphatic carbocycles. The Morgan fingerprint density at radius 2 is 1.83 bits per heavy atom. The number of benzene rings is 1. The van der Waals surface area contributed by atoms with Gasteiger partial charge in [0.2, 0.25) is 0 Å². The minimum atomic E-state index is -0.918. The zero-order chi connectivity index (χ0) is 9.30. The number of carbonyl (C=O) groups is 1. The van der Waals surface area contributed by atoms with Crippen molar-refractivity contribution in [3.05, 3.63) is 17.7 Å². The predicted molar refractivity (Wildman–Crippen MR) is 40.0 cm³/mol. The van der Waals surface area contributed by atoms with Crippen LogP contribution in [0.2, 0.25) is 0 Å². The molecule has 0 heterocycles. The summed E-state index contributed by atoms with van der Waals surface area (Å²) >= 11 is 0. The van der Waals surface area contributed by atoms with Gasteiger partial charge in [-0.1, -0.05) is 0 Å². The first-order valence-electron chi connectivity index (χ1n) is 3.07. The molecule has 12 heavy (non-hydrogen) atoms. The lowest BCUT2D eigenvalue weighted by atomic mass is 10.1. The van der Waals surface area contributed by atoms with E-state index in [4.69, 9.17) is 21.1 Å². The second-order valence-corrected chi connectivity index (χ2v) is 2.23. The Labute approximate surface area is 67.7 Å². The van der Waals surface area contributed by atoms with Crippen LogP contribution in [-0.4, -0.2) is 21.2 Å². The van der Waals surface area contributed by atoms with Gasteiger partial charge in [0.25, 0.3) is 5.91 Å². The fourth-order valence-electron chi connectivity index (χ4n) is 0.792. The van der Waals surface area contributed by atoms with E-state index in [0.717, 1.165) is 12.1 Å². The van der Waals surface area contributed by atoms with Crippen LogP contribution < -0.4 is 5.73 Å². The van der Waals surface area contributed by atoms with Gasteiger partial charge in [0, 0.05) is 6.07 Å². The Balaban J connectivity index is 3.37. The number of phenolic OH excluding ortho intramolecular Hbond substituents is 2. The molecule has 1 aromatic rings. The number of hydrogen-bond acceptors (Lipinski definition) is 4. The van der Waals surface area contributed by atoms with Crippen molar-refractivity contribution < 1.29 is 20.1 Å². The van der Waals surface area contributed by atoms with E-state index in [9.17, 15) is 4.79 Å². The van der Waals surface area contributed by atoms with Gasteiger partial charge in [-0.3, -0.25) is 4.79 Å². The standard InChI is InChI=1S/C7H7NO4/c8-7(12)4-1-3(9)2-5(10)6(4)11/h1-2,9-11H,(H2,8,12). The third kappa shape index (κ3) is 1.24. The molecule has 0 bridgehead atoms. The van der Waals surface area contributed by atoms with Crippen molar-refractivity contribution in [2.24, 2.45) is 5.73 Å². The Morgan fingerprint density at radius 1 is 1.25 bits per heavy atom. The summed E-state index contributed by atoms with van der Waals surface area (Å²) in [6.45, 7) is 0. The summed E-state index contributed by atoms with van der Waals surface area (Å²) in [5.41, 5.74) is 4.52. The van der Waals surface area contributed by atoms with Crippen LogP contribution in [-0.2, 0) is 0 Å². The Kier molecular flexibility index (Phi) is 1.78. The quantitative estimate of drug-likeness (QED) is 0.348. The van der Waals surface area contributed by atoms with Gasteiger partial charge in [-0.15, -0.1) is 0 Å². The van der Waals surface area contributed by atoms with Gasteiger partial charge in [0.1, 0.15) is 5.75 Å². The predicted octanol–water partition coefficient (Wildman–Crippen LogP) is -0.0977. The molecule has 5 heteroatoms. The molecular formula is C7H7NO4. The van der Waals surface area contributed by atoms with Crippen LogP contribution in [0.4, 0.5) is 0 Å². The van der Waals surface area contributed by atoms with Crippen molar-refractivity contribution >= 4 is 5.91 Å². The van der Waals surface area contributed by atoms with Crippen LogP contribution in [0.3, 0.4) is 0 Å². The molecular weight excluding hydrogens is 162 g/mol. The minimum absolute atomic E-state index is 0.312. The highest BCUT2D eigenvalue weighted by molar-refractivity contribution is 5.96. The van der Waals surface area contributed by atoms with E-state index in [1.165, 1.54) is 0 Å². The van der Waals surface area contributed by atoms with E-state index in [1.54, 1.807) is 0 Å². The largest absolute Gasteiger partial charge is 0.508 e. The summed E-state index contributed by atoms with van der Waals surface area (Å²) < 4.78 is 0. The molecule has 0 saturated carbocycles. The minimum Gasteiger partial charge on any atom is -0.508 e. The fourth-order valence-corrected chi connectivity index (χ4v) is 0.792. The van der Waals surface area contributed by atoms with Gasteiger partial charge in [0.15, 0.2) is 11.5 Å². The highest BCUT2D eigenvalue weighted by Crippen LogP contribution is 2.32. The second-order valence-electron chi connectivity index (χ2n) is 2.23. The molecule has 64 valence electrons. The summed E-state index contributed by atoms with van der Waals surface area (Å²) in [6.07, 6.45) is 0. The SMILES string of the molecule is NC(=O)c1cc(O)cc(O)c1O. The monoisotopic (exact) mass is 169 g/mol. The Morgan fingerprint density at radius 3 is 2.33 bits per heavy atom. The van der Waals surface area contributed by atoms with Crippen LogP contribution in [0, 0.1) is 0 Å². The van der Waals surface area contributed by atoms with Crippen LogP contribution in [0.15, 0.2) is 12.1 Å². The average Bonchev–Trinajstić information content (AvgIpc) is 1.96. The number of aromatic hydroxyl groups is 3. The molecule has 5 nitrogen and oxygen atoms in total. The molecule has 1 rings (SSSR count). The number of nitrogens with two attached hydrogens (primary N) is 1. The number of carbonyl (C=O) groups excluding carboxylic acids is 1. The smallest absolute Gasteiger partial charge is 0.252 e. The van der Waals surface area contributed by atoms with Gasteiger partial charge < -0.3 is 21.1 Å². The van der Waals surface area contributed by atoms with E-state index in [0.29, 0.717) is 0 Å². The van der Waals surface area contributed by atoms with E-state index in [2.05, 4.69) is 0 Å². The molecule has 1 amide bonds. The molecule has 0 aliphatic heterocycles. The lowest BCUT2D eigenvalue weighted by molar-refractivity contribution is 0.0996. The summed E-state index contributed by atoms with van der Waals surface area (Å²) in [5, 5.41) is 26.8. The molecule has 5 N–H and O–H groups in total. The van der Waals surface area contributed by atoms with Gasteiger partial charge in [-0.2, -0.15) is 0 Å². The summed E-state index contributed by atoms with van der Waals surface area (Å²) in [6, 6.07) is 1.87. The van der Waals surface area contributed by atoms with Crippen molar-refractivity contribution in [1.82, 2.24) is 0 Å². The van der Waals surface area contributed by atoms with Gasteiger partial charge in [-0.25, -0.2) is 0 Å². The zero-order valence-electron chi connectivity index (χ0n) is 5.98. The molecule has 0 radical (unpaired) electrons. The zero-order valence-corrected chi connectivity index (χ0v) is 5.98. The Bertz CT molecular complexity index is 334. The molecule has 0 saturated heterocycles. The summed E-state index contributed by atoms with van der Waals surface area (Å²) in [7, 11) is 0.